The SMILES string of the molecule is CC(=O)NCCC(=O)NCCS(=O)(=O)N1CCOCC1. The second-order valence-corrected chi connectivity index (χ2v) is 6.50. The maximum atomic E-state index is 11.9. The lowest BCUT2D eigenvalue weighted by atomic mass is 10.4. The zero-order valence-corrected chi connectivity index (χ0v) is 12.4. The third-order valence-corrected chi connectivity index (χ3v) is 4.64. The third kappa shape index (κ3) is 6.31. The predicted molar refractivity (Wildman–Crippen MR) is 72.5 cm³/mol. The van der Waals surface area contributed by atoms with Gasteiger partial charge in [0.1, 0.15) is 0 Å². The zero-order chi connectivity index (χ0) is 15.0. The summed E-state index contributed by atoms with van der Waals surface area (Å²) in [5, 5.41) is 5.02. The lowest BCUT2D eigenvalue weighted by molar-refractivity contribution is -0.121. The van der Waals surface area contributed by atoms with Gasteiger partial charge in [-0.15, -0.1) is 0 Å². The van der Waals surface area contributed by atoms with E-state index in [1.165, 1.54) is 11.2 Å². The Kier molecular flexibility index (Phi) is 6.89. The summed E-state index contributed by atoms with van der Waals surface area (Å²) in [5.74, 6) is -0.609. The average Bonchev–Trinajstić information content (AvgIpc) is 2.39. The molecule has 20 heavy (non-hydrogen) atoms. The van der Waals surface area contributed by atoms with Gasteiger partial charge in [-0.1, -0.05) is 0 Å². The Balaban J connectivity index is 2.21. The lowest BCUT2D eigenvalue weighted by Gasteiger charge is -2.26. The summed E-state index contributed by atoms with van der Waals surface area (Å²) in [6.07, 6.45) is 0.136. The highest BCUT2D eigenvalue weighted by Gasteiger charge is 2.23. The van der Waals surface area contributed by atoms with E-state index < -0.39 is 10.0 Å². The molecule has 0 spiro atoms. The van der Waals surface area contributed by atoms with Crippen molar-refractivity contribution in [2.24, 2.45) is 0 Å². The second kappa shape index (κ2) is 8.18. The van der Waals surface area contributed by atoms with Crippen LogP contribution in [0.5, 0.6) is 0 Å². The molecule has 0 aromatic carbocycles. The first kappa shape index (κ1) is 16.9. The molecule has 0 unspecified atom stereocenters. The molecule has 1 fully saturated rings. The molecule has 2 N–H and O–H groups in total. The number of nitrogens with one attached hydrogen (secondary N) is 2. The van der Waals surface area contributed by atoms with Gasteiger partial charge in [-0.3, -0.25) is 9.59 Å². The molecule has 8 nitrogen and oxygen atoms in total. The highest BCUT2D eigenvalue weighted by atomic mass is 32.2. The van der Waals surface area contributed by atoms with Crippen molar-refractivity contribution in [3.63, 3.8) is 0 Å². The number of ether oxygens (including phenoxy) is 1. The van der Waals surface area contributed by atoms with Crippen LogP contribution in [-0.2, 0) is 24.3 Å². The average molecular weight is 307 g/mol. The Labute approximate surface area is 118 Å². The molecule has 0 bridgehead atoms. The standard InChI is InChI=1S/C11H21N3O5S/c1-10(15)12-3-2-11(16)13-4-9-20(17,18)14-5-7-19-8-6-14/h2-9H2,1H3,(H,12,15)(H,13,16). The number of carbonyl (C=O) groups is 2. The molecule has 1 heterocycles. The fraction of sp³-hybridized carbons (Fsp3) is 0.818. The first-order chi connectivity index (χ1) is 9.42. The molecule has 1 aliphatic heterocycles. The zero-order valence-electron chi connectivity index (χ0n) is 11.6. The fourth-order valence-corrected chi connectivity index (χ4v) is 3.04. The van der Waals surface area contributed by atoms with Gasteiger partial charge in [0.2, 0.25) is 21.8 Å². The van der Waals surface area contributed by atoms with Crippen molar-refractivity contribution in [3.05, 3.63) is 0 Å². The van der Waals surface area contributed by atoms with Crippen molar-refractivity contribution in [1.82, 2.24) is 14.9 Å². The maximum absolute atomic E-state index is 11.9. The number of sulfonamides is 1. The van der Waals surface area contributed by atoms with E-state index in [-0.39, 0.29) is 37.1 Å². The molecule has 0 atom stereocenters. The normalized spacial score (nSPS) is 16.6. The number of hydrogen-bond acceptors (Lipinski definition) is 5. The topological polar surface area (TPSA) is 105 Å². The summed E-state index contributed by atoms with van der Waals surface area (Å²) in [6.45, 7) is 3.21. The minimum absolute atomic E-state index is 0.0681. The monoisotopic (exact) mass is 307 g/mol. The van der Waals surface area contributed by atoms with Gasteiger partial charge in [0, 0.05) is 39.5 Å². The third-order valence-electron chi connectivity index (χ3n) is 2.77. The van der Waals surface area contributed by atoms with E-state index in [0.29, 0.717) is 26.3 Å². The molecule has 0 radical (unpaired) electrons. The van der Waals surface area contributed by atoms with Crippen LogP contribution in [0.2, 0.25) is 0 Å². The van der Waals surface area contributed by atoms with E-state index in [4.69, 9.17) is 4.74 Å². The van der Waals surface area contributed by atoms with Crippen molar-refractivity contribution in [2.45, 2.75) is 13.3 Å². The summed E-state index contributed by atoms with van der Waals surface area (Å²) in [5.41, 5.74) is 0. The highest BCUT2D eigenvalue weighted by Crippen LogP contribution is 2.04. The van der Waals surface area contributed by atoms with E-state index in [2.05, 4.69) is 10.6 Å². The number of nitrogens with zero attached hydrogens (tertiary/aromatic N) is 1. The summed E-state index contributed by atoms with van der Waals surface area (Å²) >= 11 is 0. The Hall–Kier alpha value is -1.19. The van der Waals surface area contributed by atoms with Crippen LogP contribution in [0.3, 0.4) is 0 Å². The maximum Gasteiger partial charge on any atom is 0.221 e. The van der Waals surface area contributed by atoms with Crippen LogP contribution in [-0.4, -0.2) is 69.7 Å². The van der Waals surface area contributed by atoms with Crippen LogP contribution in [0.25, 0.3) is 0 Å². The number of rotatable bonds is 7. The van der Waals surface area contributed by atoms with Gasteiger partial charge < -0.3 is 15.4 Å². The van der Waals surface area contributed by atoms with Crippen LogP contribution in [0.4, 0.5) is 0 Å². The Morgan fingerprint density at radius 1 is 1.15 bits per heavy atom. The van der Waals surface area contributed by atoms with Crippen molar-refractivity contribution >= 4 is 21.8 Å². The minimum atomic E-state index is -3.34. The number of morpholine rings is 1. The highest BCUT2D eigenvalue weighted by molar-refractivity contribution is 7.89. The predicted octanol–water partition coefficient (Wildman–Crippen LogP) is -1.71. The quantitative estimate of drug-likeness (QED) is 0.583. The largest absolute Gasteiger partial charge is 0.379 e. The summed E-state index contributed by atoms with van der Waals surface area (Å²) in [6, 6.07) is 0. The Morgan fingerprint density at radius 3 is 2.40 bits per heavy atom. The molecule has 1 saturated heterocycles. The van der Waals surface area contributed by atoms with Gasteiger partial charge in [-0.25, -0.2) is 8.42 Å². The van der Waals surface area contributed by atoms with Gasteiger partial charge in [0.25, 0.3) is 0 Å². The molecule has 9 heteroatoms. The molecule has 116 valence electrons. The number of hydrogen-bond donors (Lipinski definition) is 2. The summed E-state index contributed by atoms with van der Waals surface area (Å²) < 4.78 is 30.3. The molecular weight excluding hydrogens is 286 g/mol. The summed E-state index contributed by atoms with van der Waals surface area (Å²) in [7, 11) is -3.34. The van der Waals surface area contributed by atoms with Crippen molar-refractivity contribution in [2.75, 3.05) is 45.1 Å². The van der Waals surface area contributed by atoms with Gasteiger partial charge in [0.15, 0.2) is 0 Å². The number of amides is 2. The molecule has 0 saturated carbocycles. The second-order valence-electron chi connectivity index (χ2n) is 4.41. The van der Waals surface area contributed by atoms with Crippen LogP contribution in [0.1, 0.15) is 13.3 Å². The van der Waals surface area contributed by atoms with Gasteiger partial charge >= 0.3 is 0 Å². The van der Waals surface area contributed by atoms with E-state index in [0.717, 1.165) is 0 Å². The molecule has 1 aliphatic rings. The van der Waals surface area contributed by atoms with E-state index in [9.17, 15) is 18.0 Å². The molecule has 0 aromatic rings. The van der Waals surface area contributed by atoms with Crippen LogP contribution in [0, 0.1) is 0 Å². The van der Waals surface area contributed by atoms with E-state index in [1.54, 1.807) is 0 Å². The lowest BCUT2D eigenvalue weighted by Crippen LogP contribution is -2.44. The van der Waals surface area contributed by atoms with Crippen LogP contribution >= 0.6 is 0 Å². The molecular formula is C11H21N3O5S. The first-order valence-corrected chi connectivity index (χ1v) is 8.09. The van der Waals surface area contributed by atoms with Crippen molar-refractivity contribution in [1.29, 1.82) is 0 Å². The van der Waals surface area contributed by atoms with Gasteiger partial charge in [-0.05, 0) is 0 Å². The minimum Gasteiger partial charge on any atom is -0.379 e. The molecule has 0 aromatic heterocycles. The van der Waals surface area contributed by atoms with E-state index >= 15 is 0 Å². The van der Waals surface area contributed by atoms with Crippen molar-refractivity contribution in [3.8, 4) is 0 Å². The van der Waals surface area contributed by atoms with Gasteiger partial charge in [0.05, 0.1) is 19.0 Å². The summed E-state index contributed by atoms with van der Waals surface area (Å²) in [4.78, 5) is 22.0. The molecule has 1 rings (SSSR count). The van der Waals surface area contributed by atoms with Gasteiger partial charge in [-0.2, -0.15) is 4.31 Å². The molecule has 2 amide bonds. The smallest absolute Gasteiger partial charge is 0.221 e. The van der Waals surface area contributed by atoms with E-state index in [1.807, 2.05) is 0 Å². The Bertz CT molecular complexity index is 431. The van der Waals surface area contributed by atoms with Crippen molar-refractivity contribution < 1.29 is 22.7 Å². The fourth-order valence-electron chi connectivity index (χ4n) is 1.71. The van der Waals surface area contributed by atoms with Crippen LogP contribution < -0.4 is 10.6 Å². The number of carbonyl (C=O) groups excluding carboxylic acids is 2. The first-order valence-electron chi connectivity index (χ1n) is 6.48. The Morgan fingerprint density at radius 2 is 1.80 bits per heavy atom. The van der Waals surface area contributed by atoms with Crippen LogP contribution in [0.15, 0.2) is 0 Å². The molecule has 0 aliphatic carbocycles.